The minimum Gasteiger partial charge on any atom is -0.294 e. The molecule has 0 atom stereocenters. The van der Waals surface area contributed by atoms with Crippen LogP contribution in [0.5, 0.6) is 0 Å². The number of carbonyl (C=O) groups is 1. The first-order valence-corrected chi connectivity index (χ1v) is 9.06. The summed E-state index contributed by atoms with van der Waals surface area (Å²) in [5, 5.41) is 0. The molecule has 1 aromatic carbocycles. The molecule has 0 heterocycles. The average Bonchev–Trinajstić information content (AvgIpc) is 2.24. The van der Waals surface area contributed by atoms with Crippen LogP contribution in [0.4, 0.5) is 0 Å². The molecule has 0 aromatic heterocycles. The highest BCUT2D eigenvalue weighted by atomic mass is 32.2. The number of hydrogen-bond acceptors (Lipinski definition) is 5. The minimum atomic E-state index is -3.29. The third-order valence-corrected chi connectivity index (χ3v) is 4.38. The quantitative estimate of drug-likeness (QED) is 0.745. The van der Waals surface area contributed by atoms with Gasteiger partial charge in [-0.05, 0) is 12.1 Å². The van der Waals surface area contributed by atoms with Crippen molar-refractivity contribution in [2.24, 2.45) is 0 Å². The van der Waals surface area contributed by atoms with Gasteiger partial charge < -0.3 is 0 Å². The third-order valence-electron chi connectivity index (χ3n) is 2.30. The molecule has 0 saturated heterocycles. The topological polar surface area (TPSA) is 85.3 Å². The van der Waals surface area contributed by atoms with Crippen LogP contribution in [-0.4, -0.2) is 40.9 Å². The molecular formula is C11H14O5S2. The van der Waals surface area contributed by atoms with Crippen molar-refractivity contribution in [2.75, 3.05) is 18.3 Å². The van der Waals surface area contributed by atoms with E-state index < -0.39 is 19.7 Å². The van der Waals surface area contributed by atoms with Gasteiger partial charge in [-0.25, -0.2) is 16.8 Å². The lowest BCUT2D eigenvalue weighted by molar-refractivity contribution is 0.0988. The van der Waals surface area contributed by atoms with E-state index in [9.17, 15) is 21.6 Å². The van der Waals surface area contributed by atoms with E-state index in [0.717, 1.165) is 12.5 Å². The van der Waals surface area contributed by atoms with Gasteiger partial charge in [0.15, 0.2) is 15.6 Å². The van der Waals surface area contributed by atoms with Crippen LogP contribution in [-0.2, 0) is 19.7 Å². The van der Waals surface area contributed by atoms with Gasteiger partial charge in [-0.2, -0.15) is 0 Å². The van der Waals surface area contributed by atoms with Gasteiger partial charge in [0.25, 0.3) is 0 Å². The second-order valence-corrected chi connectivity index (χ2v) is 8.38. The molecule has 7 heteroatoms. The standard InChI is InChI=1S/C11H14O5S2/c1-17(13,14)8-7-11(12)9-3-5-10(6-4-9)18(2,15)16/h3-6H,7-8H2,1-2H3. The maximum Gasteiger partial charge on any atom is 0.175 e. The molecule has 0 N–H and O–H groups in total. The largest absolute Gasteiger partial charge is 0.294 e. The summed E-state index contributed by atoms with van der Waals surface area (Å²) < 4.78 is 44.3. The summed E-state index contributed by atoms with van der Waals surface area (Å²) in [6.45, 7) is 0. The average molecular weight is 290 g/mol. The van der Waals surface area contributed by atoms with E-state index in [1.54, 1.807) is 0 Å². The van der Waals surface area contributed by atoms with E-state index in [1.807, 2.05) is 0 Å². The van der Waals surface area contributed by atoms with Crippen molar-refractivity contribution < 1.29 is 21.6 Å². The lowest BCUT2D eigenvalue weighted by atomic mass is 10.1. The van der Waals surface area contributed by atoms with E-state index in [4.69, 9.17) is 0 Å². The Labute approximate surface area is 107 Å². The monoisotopic (exact) mass is 290 g/mol. The van der Waals surface area contributed by atoms with Gasteiger partial charge in [-0.15, -0.1) is 0 Å². The summed E-state index contributed by atoms with van der Waals surface area (Å²) in [6, 6.07) is 5.45. The molecule has 0 amide bonds. The number of sulfone groups is 2. The minimum absolute atomic E-state index is 0.100. The first kappa shape index (κ1) is 14.8. The van der Waals surface area contributed by atoms with Crippen molar-refractivity contribution in [3.8, 4) is 0 Å². The van der Waals surface area contributed by atoms with E-state index in [0.29, 0.717) is 5.56 Å². The van der Waals surface area contributed by atoms with Gasteiger partial charge in [0.1, 0.15) is 9.84 Å². The molecule has 0 aliphatic heterocycles. The summed E-state index contributed by atoms with van der Waals surface area (Å²) >= 11 is 0. The highest BCUT2D eigenvalue weighted by Crippen LogP contribution is 2.12. The second kappa shape index (κ2) is 5.19. The molecule has 0 saturated carbocycles. The zero-order chi connectivity index (χ0) is 14.0. The van der Waals surface area contributed by atoms with Crippen LogP contribution in [0.25, 0.3) is 0 Å². The van der Waals surface area contributed by atoms with Crippen LogP contribution in [0.1, 0.15) is 16.8 Å². The SMILES string of the molecule is CS(=O)(=O)CCC(=O)c1ccc(S(C)(=O)=O)cc1. The molecule has 0 aliphatic carbocycles. The first-order valence-electron chi connectivity index (χ1n) is 5.11. The zero-order valence-corrected chi connectivity index (χ0v) is 11.7. The van der Waals surface area contributed by atoms with Crippen LogP contribution in [0.15, 0.2) is 29.2 Å². The van der Waals surface area contributed by atoms with E-state index >= 15 is 0 Å². The molecule has 0 bridgehead atoms. The molecule has 0 radical (unpaired) electrons. The van der Waals surface area contributed by atoms with Crippen molar-refractivity contribution in [1.29, 1.82) is 0 Å². The van der Waals surface area contributed by atoms with E-state index in [2.05, 4.69) is 0 Å². The zero-order valence-electron chi connectivity index (χ0n) is 10.1. The number of ketones is 1. The van der Waals surface area contributed by atoms with Crippen LogP contribution < -0.4 is 0 Å². The van der Waals surface area contributed by atoms with Crippen molar-refractivity contribution >= 4 is 25.5 Å². The van der Waals surface area contributed by atoms with Gasteiger partial charge in [0.05, 0.1) is 10.6 Å². The molecular weight excluding hydrogens is 276 g/mol. The van der Waals surface area contributed by atoms with Crippen molar-refractivity contribution in [3.63, 3.8) is 0 Å². The van der Waals surface area contributed by atoms with Gasteiger partial charge in [-0.1, -0.05) is 12.1 Å². The van der Waals surface area contributed by atoms with Crippen LogP contribution >= 0.6 is 0 Å². The lowest BCUT2D eigenvalue weighted by Gasteiger charge is -2.02. The number of hydrogen-bond donors (Lipinski definition) is 0. The summed E-state index contributed by atoms with van der Waals surface area (Å²) in [7, 11) is -6.46. The Kier molecular flexibility index (Phi) is 4.28. The van der Waals surface area contributed by atoms with Crippen LogP contribution in [0.3, 0.4) is 0 Å². The van der Waals surface area contributed by atoms with Crippen LogP contribution in [0, 0.1) is 0 Å². The molecule has 0 fully saturated rings. The Balaban J connectivity index is 2.83. The second-order valence-electron chi connectivity index (χ2n) is 4.10. The fraction of sp³-hybridized carbons (Fsp3) is 0.364. The fourth-order valence-electron chi connectivity index (χ4n) is 1.31. The summed E-state index contributed by atoms with van der Waals surface area (Å²) in [4.78, 5) is 11.8. The van der Waals surface area contributed by atoms with E-state index in [-0.39, 0.29) is 22.9 Å². The Bertz CT molecular complexity index is 639. The Morgan fingerprint density at radius 1 is 1.00 bits per heavy atom. The molecule has 18 heavy (non-hydrogen) atoms. The molecule has 5 nitrogen and oxygen atoms in total. The van der Waals surface area contributed by atoms with Gasteiger partial charge in [0.2, 0.25) is 0 Å². The molecule has 1 rings (SSSR count). The third kappa shape index (κ3) is 4.58. The van der Waals surface area contributed by atoms with Gasteiger partial charge in [0, 0.05) is 24.5 Å². The number of rotatable bonds is 5. The molecule has 0 aliphatic rings. The number of benzene rings is 1. The maximum atomic E-state index is 11.6. The first-order chi connectivity index (χ1) is 8.09. The summed E-state index contributed by atoms with van der Waals surface area (Å²) in [5.41, 5.74) is 0.311. The van der Waals surface area contributed by atoms with Gasteiger partial charge >= 0.3 is 0 Å². The van der Waals surface area contributed by atoms with Gasteiger partial charge in [-0.3, -0.25) is 4.79 Å². The van der Waals surface area contributed by atoms with E-state index in [1.165, 1.54) is 24.3 Å². The van der Waals surface area contributed by atoms with Crippen molar-refractivity contribution in [3.05, 3.63) is 29.8 Å². The Hall–Kier alpha value is -1.21. The molecule has 0 spiro atoms. The summed E-state index contributed by atoms with van der Waals surface area (Å²) in [6.07, 6.45) is 2.04. The molecule has 0 unspecified atom stereocenters. The highest BCUT2D eigenvalue weighted by molar-refractivity contribution is 7.91. The van der Waals surface area contributed by atoms with Crippen LogP contribution in [0.2, 0.25) is 0 Å². The summed E-state index contributed by atoms with van der Waals surface area (Å²) in [5.74, 6) is -0.528. The molecule has 1 aromatic rings. The maximum absolute atomic E-state index is 11.6. The van der Waals surface area contributed by atoms with Crippen molar-refractivity contribution in [2.45, 2.75) is 11.3 Å². The molecule has 100 valence electrons. The lowest BCUT2D eigenvalue weighted by Crippen LogP contribution is -2.09. The normalized spacial score (nSPS) is 12.3. The Morgan fingerprint density at radius 2 is 1.50 bits per heavy atom. The predicted molar refractivity (Wildman–Crippen MR) is 68.2 cm³/mol. The highest BCUT2D eigenvalue weighted by Gasteiger charge is 2.12. The number of carbonyl (C=O) groups excluding carboxylic acids is 1. The number of Topliss-reactive ketones (excluding diaryl/α,β-unsaturated/α-hetero) is 1. The smallest absolute Gasteiger partial charge is 0.175 e. The fourth-order valence-corrected chi connectivity index (χ4v) is 2.50. The predicted octanol–water partition coefficient (Wildman–Crippen LogP) is 0.708. The Morgan fingerprint density at radius 3 is 1.89 bits per heavy atom. The van der Waals surface area contributed by atoms with Crippen molar-refractivity contribution in [1.82, 2.24) is 0 Å².